The second-order valence-electron chi connectivity index (χ2n) is 3.59. The number of hydrogen-bond acceptors (Lipinski definition) is 5. The zero-order valence-corrected chi connectivity index (χ0v) is 10.2. The molecule has 0 radical (unpaired) electrons. The van der Waals surface area contributed by atoms with Crippen LogP contribution in [0.1, 0.15) is 23.2 Å². The topological polar surface area (TPSA) is 68.5 Å². The maximum Gasteiger partial charge on any atom is 0.338 e. The summed E-state index contributed by atoms with van der Waals surface area (Å²) in [6, 6.07) is 4.98. The van der Waals surface area contributed by atoms with Crippen LogP contribution in [0.2, 0.25) is 5.02 Å². The third kappa shape index (κ3) is 2.66. The minimum Gasteiger partial charge on any atom is -0.462 e. The number of ether oxygens (including phenoxy) is 3. The molecule has 0 aromatic heterocycles. The van der Waals surface area contributed by atoms with E-state index in [4.69, 9.17) is 31.1 Å². The lowest BCUT2D eigenvalue weighted by molar-refractivity contribution is 0.0501. The number of fused-ring (bicyclic) bond motifs is 1. The molecule has 0 aliphatic carbocycles. The summed E-state index contributed by atoms with van der Waals surface area (Å²) in [5, 5.41) is 8.67. The van der Waals surface area contributed by atoms with Crippen LogP contribution in [0.25, 0.3) is 0 Å². The minimum atomic E-state index is -0.492. The lowest BCUT2D eigenvalue weighted by Gasteiger charge is -2.05. The van der Waals surface area contributed by atoms with E-state index in [-0.39, 0.29) is 13.4 Å². The Bertz CT molecular complexity index is 510. The number of benzene rings is 1. The zero-order valence-electron chi connectivity index (χ0n) is 9.44. The maximum atomic E-state index is 11.7. The third-order valence-corrected chi connectivity index (χ3v) is 2.61. The first kappa shape index (κ1) is 12.5. The molecule has 0 unspecified atom stereocenters. The van der Waals surface area contributed by atoms with Gasteiger partial charge in [0.2, 0.25) is 6.79 Å². The average Bonchev–Trinajstić information content (AvgIpc) is 2.83. The van der Waals surface area contributed by atoms with E-state index < -0.39 is 5.97 Å². The van der Waals surface area contributed by atoms with Gasteiger partial charge in [-0.3, -0.25) is 0 Å². The fraction of sp³-hybridized carbons (Fsp3) is 0.333. The highest BCUT2D eigenvalue weighted by atomic mass is 35.5. The van der Waals surface area contributed by atoms with E-state index in [1.54, 1.807) is 0 Å². The molecule has 0 atom stereocenters. The first-order chi connectivity index (χ1) is 8.72. The molecule has 18 heavy (non-hydrogen) atoms. The van der Waals surface area contributed by atoms with E-state index in [1.807, 2.05) is 6.07 Å². The third-order valence-electron chi connectivity index (χ3n) is 2.33. The number of nitrogens with zero attached hydrogens (tertiary/aromatic N) is 1. The van der Waals surface area contributed by atoms with Crippen LogP contribution in [0.5, 0.6) is 11.5 Å². The Labute approximate surface area is 109 Å². The van der Waals surface area contributed by atoms with Crippen molar-refractivity contribution in [2.45, 2.75) is 12.8 Å². The molecular formula is C12H10ClNO4. The highest BCUT2D eigenvalue weighted by molar-refractivity contribution is 6.32. The van der Waals surface area contributed by atoms with Crippen molar-refractivity contribution in [3.63, 3.8) is 0 Å². The molecule has 2 rings (SSSR count). The standard InChI is InChI=1S/C12H10ClNO4/c13-9-5-8(6-10-11(9)18-7-17-10)12(15)16-4-2-1-3-14/h5-6H,1-2,4,7H2. The maximum absolute atomic E-state index is 11.7. The van der Waals surface area contributed by atoms with Crippen molar-refractivity contribution in [2.24, 2.45) is 0 Å². The van der Waals surface area contributed by atoms with E-state index in [2.05, 4.69) is 0 Å². The highest BCUT2D eigenvalue weighted by Gasteiger charge is 2.21. The number of halogens is 1. The van der Waals surface area contributed by atoms with Crippen LogP contribution in [0, 0.1) is 11.3 Å². The summed E-state index contributed by atoms with van der Waals surface area (Å²) < 4.78 is 15.3. The Balaban J connectivity index is 2.03. The van der Waals surface area contributed by atoms with E-state index in [0.717, 1.165) is 0 Å². The van der Waals surface area contributed by atoms with Crippen LogP contribution in [-0.4, -0.2) is 19.4 Å². The predicted octanol–water partition coefficient (Wildman–Crippen LogP) is 2.53. The summed E-state index contributed by atoms with van der Waals surface area (Å²) in [4.78, 5) is 11.7. The molecule has 5 nitrogen and oxygen atoms in total. The largest absolute Gasteiger partial charge is 0.462 e. The zero-order chi connectivity index (χ0) is 13.0. The van der Waals surface area contributed by atoms with Gasteiger partial charge in [0.05, 0.1) is 23.3 Å². The first-order valence-electron chi connectivity index (χ1n) is 5.35. The minimum absolute atomic E-state index is 0.0930. The van der Waals surface area contributed by atoms with Crippen molar-refractivity contribution in [1.29, 1.82) is 5.26 Å². The molecule has 1 heterocycles. The normalized spacial score (nSPS) is 12.0. The lowest BCUT2D eigenvalue weighted by Crippen LogP contribution is -2.06. The molecule has 0 bridgehead atoms. The van der Waals surface area contributed by atoms with Crippen LogP contribution >= 0.6 is 11.6 Å². The van der Waals surface area contributed by atoms with Crippen molar-refractivity contribution >= 4 is 17.6 Å². The molecule has 94 valence electrons. The van der Waals surface area contributed by atoms with Gasteiger partial charge in [0, 0.05) is 6.42 Å². The van der Waals surface area contributed by atoms with Gasteiger partial charge in [-0.15, -0.1) is 0 Å². The van der Waals surface area contributed by atoms with Gasteiger partial charge in [0.25, 0.3) is 0 Å². The Morgan fingerprint density at radius 1 is 1.50 bits per heavy atom. The van der Waals surface area contributed by atoms with Gasteiger partial charge in [0.15, 0.2) is 11.5 Å². The molecule has 0 saturated carbocycles. The molecule has 0 spiro atoms. The Morgan fingerprint density at radius 3 is 3.11 bits per heavy atom. The summed E-state index contributed by atoms with van der Waals surface area (Å²) in [5.41, 5.74) is 0.307. The quantitative estimate of drug-likeness (QED) is 0.619. The number of carbonyl (C=O) groups is 1. The molecule has 0 saturated heterocycles. The first-order valence-corrected chi connectivity index (χ1v) is 5.73. The van der Waals surface area contributed by atoms with Gasteiger partial charge in [-0.25, -0.2) is 4.79 Å². The van der Waals surface area contributed by atoms with Crippen LogP contribution < -0.4 is 9.47 Å². The summed E-state index contributed by atoms with van der Waals surface area (Å²) >= 11 is 5.95. The van der Waals surface area contributed by atoms with Gasteiger partial charge in [-0.1, -0.05) is 11.6 Å². The van der Waals surface area contributed by atoms with Gasteiger partial charge in [-0.05, 0) is 18.6 Å². The number of rotatable bonds is 4. The molecule has 1 aromatic carbocycles. The van der Waals surface area contributed by atoms with Gasteiger partial charge in [0.1, 0.15) is 0 Å². The summed E-state index contributed by atoms with van der Waals surface area (Å²) in [6.45, 7) is 0.300. The lowest BCUT2D eigenvalue weighted by atomic mass is 10.2. The number of carbonyl (C=O) groups excluding carboxylic acids is 1. The summed E-state index contributed by atoms with van der Waals surface area (Å²) in [5.74, 6) is 0.386. The van der Waals surface area contributed by atoms with Crippen LogP contribution in [0.3, 0.4) is 0 Å². The number of hydrogen-bond donors (Lipinski definition) is 0. The molecule has 0 amide bonds. The second kappa shape index (κ2) is 5.61. The fourth-order valence-electron chi connectivity index (χ4n) is 1.48. The summed E-state index contributed by atoms with van der Waals surface area (Å²) in [7, 11) is 0. The average molecular weight is 268 g/mol. The number of nitriles is 1. The molecule has 0 fully saturated rings. The predicted molar refractivity (Wildman–Crippen MR) is 62.7 cm³/mol. The summed E-state index contributed by atoms with van der Waals surface area (Å²) in [6.07, 6.45) is 0.871. The van der Waals surface area contributed by atoms with Crippen LogP contribution in [0.15, 0.2) is 12.1 Å². The van der Waals surface area contributed by atoms with Crippen molar-refractivity contribution in [3.8, 4) is 17.6 Å². The Morgan fingerprint density at radius 2 is 2.33 bits per heavy atom. The smallest absolute Gasteiger partial charge is 0.338 e. The van der Waals surface area contributed by atoms with Crippen molar-refractivity contribution in [3.05, 3.63) is 22.7 Å². The molecule has 6 heteroatoms. The van der Waals surface area contributed by atoms with E-state index in [9.17, 15) is 4.79 Å². The SMILES string of the molecule is N#CCCCOC(=O)c1cc(Cl)c2c(c1)OCO2. The second-order valence-corrected chi connectivity index (χ2v) is 4.00. The van der Waals surface area contributed by atoms with E-state index in [0.29, 0.717) is 34.9 Å². The van der Waals surface area contributed by atoms with Gasteiger partial charge < -0.3 is 14.2 Å². The van der Waals surface area contributed by atoms with Crippen molar-refractivity contribution in [2.75, 3.05) is 13.4 Å². The van der Waals surface area contributed by atoms with Crippen molar-refractivity contribution in [1.82, 2.24) is 0 Å². The van der Waals surface area contributed by atoms with E-state index >= 15 is 0 Å². The van der Waals surface area contributed by atoms with Gasteiger partial charge >= 0.3 is 5.97 Å². The monoisotopic (exact) mass is 267 g/mol. The molecular weight excluding hydrogens is 258 g/mol. The molecule has 1 aliphatic rings. The highest BCUT2D eigenvalue weighted by Crippen LogP contribution is 2.39. The fourth-order valence-corrected chi connectivity index (χ4v) is 1.75. The van der Waals surface area contributed by atoms with E-state index in [1.165, 1.54) is 12.1 Å². The number of unbranched alkanes of at least 4 members (excludes halogenated alkanes) is 1. The van der Waals surface area contributed by atoms with Crippen molar-refractivity contribution < 1.29 is 19.0 Å². The van der Waals surface area contributed by atoms with Crippen LogP contribution in [-0.2, 0) is 4.74 Å². The molecule has 1 aromatic rings. The van der Waals surface area contributed by atoms with Gasteiger partial charge in [-0.2, -0.15) is 5.26 Å². The van der Waals surface area contributed by atoms with Crippen LogP contribution in [0.4, 0.5) is 0 Å². The number of esters is 1. The Hall–Kier alpha value is -1.93. The molecule has 1 aliphatic heterocycles. The molecule has 0 N–H and O–H groups in total. The Kier molecular flexibility index (Phi) is 3.90.